The Morgan fingerprint density at radius 1 is 1.00 bits per heavy atom. The molecule has 8 heteroatoms. The molecular weight excluding hydrogens is 478 g/mol. The maximum atomic E-state index is 13.4. The molecule has 0 aliphatic carbocycles. The van der Waals surface area contributed by atoms with E-state index < -0.39 is 11.9 Å². The third-order valence-corrected chi connectivity index (χ3v) is 6.56. The molecule has 0 saturated carbocycles. The zero-order valence-corrected chi connectivity index (χ0v) is 20.1. The number of aromatic nitrogens is 1. The highest BCUT2D eigenvalue weighted by molar-refractivity contribution is 6.30. The maximum absolute atomic E-state index is 13.4. The number of H-pyrrole nitrogens is 1. The third kappa shape index (κ3) is 4.83. The third-order valence-electron chi connectivity index (χ3n) is 6.31. The molecule has 1 unspecified atom stereocenters. The molecule has 36 heavy (non-hydrogen) atoms. The summed E-state index contributed by atoms with van der Waals surface area (Å²) in [6, 6.07) is 22.5. The first-order valence-electron chi connectivity index (χ1n) is 11.7. The first-order valence-corrected chi connectivity index (χ1v) is 12.0. The van der Waals surface area contributed by atoms with Crippen molar-refractivity contribution in [3.05, 3.63) is 95.6 Å². The van der Waals surface area contributed by atoms with Crippen LogP contribution in [0.5, 0.6) is 5.75 Å². The lowest BCUT2D eigenvalue weighted by Crippen LogP contribution is -2.48. The lowest BCUT2D eigenvalue weighted by atomic mass is 10.1. The standard InChI is InChI=1S/C28H24ClN3O4/c29-20-10-12-21(13-11-20)32-26(33)16-25(28(32)35)31(27(34)18-36-22-6-2-1-3-7-22)15-14-19-17-30-24-9-5-4-8-23(19)24/h1-13,17,25,30H,14-16,18H2. The van der Waals surface area contributed by atoms with Gasteiger partial charge in [-0.1, -0.05) is 48.0 Å². The van der Waals surface area contributed by atoms with Crippen LogP contribution in [0.15, 0.2) is 85.1 Å². The highest BCUT2D eigenvalue weighted by atomic mass is 35.5. The van der Waals surface area contributed by atoms with Crippen LogP contribution in [0.2, 0.25) is 5.02 Å². The first-order chi connectivity index (χ1) is 17.5. The smallest absolute Gasteiger partial charge is 0.261 e. The van der Waals surface area contributed by atoms with Crippen LogP contribution in [-0.2, 0) is 20.8 Å². The predicted molar refractivity (Wildman–Crippen MR) is 138 cm³/mol. The van der Waals surface area contributed by atoms with Crippen molar-refractivity contribution in [2.75, 3.05) is 18.1 Å². The molecule has 3 amide bonds. The van der Waals surface area contributed by atoms with Crippen molar-refractivity contribution in [2.45, 2.75) is 18.9 Å². The van der Waals surface area contributed by atoms with Gasteiger partial charge < -0.3 is 14.6 Å². The zero-order valence-electron chi connectivity index (χ0n) is 19.4. The molecule has 1 fully saturated rings. The molecule has 7 nitrogen and oxygen atoms in total. The van der Waals surface area contributed by atoms with Gasteiger partial charge >= 0.3 is 0 Å². The van der Waals surface area contributed by atoms with Gasteiger partial charge in [0.05, 0.1) is 12.1 Å². The van der Waals surface area contributed by atoms with E-state index in [0.717, 1.165) is 21.4 Å². The van der Waals surface area contributed by atoms with E-state index in [4.69, 9.17) is 16.3 Å². The number of amides is 3. The normalized spacial score (nSPS) is 15.5. The number of fused-ring (bicyclic) bond motifs is 1. The molecule has 3 aromatic carbocycles. The van der Waals surface area contributed by atoms with Crippen LogP contribution < -0.4 is 9.64 Å². The van der Waals surface area contributed by atoms with Crippen molar-refractivity contribution >= 4 is 45.9 Å². The number of imide groups is 1. The fraction of sp³-hybridized carbons (Fsp3) is 0.179. The fourth-order valence-electron chi connectivity index (χ4n) is 4.50. The summed E-state index contributed by atoms with van der Waals surface area (Å²) in [5.74, 6) is -0.600. The molecule has 1 saturated heterocycles. The molecule has 0 spiro atoms. The molecule has 182 valence electrons. The Morgan fingerprint density at radius 2 is 1.72 bits per heavy atom. The molecular formula is C28H24ClN3O4. The van der Waals surface area contributed by atoms with Gasteiger partial charge in [0.25, 0.3) is 11.8 Å². The summed E-state index contributed by atoms with van der Waals surface area (Å²) in [4.78, 5) is 45.5. The van der Waals surface area contributed by atoms with Gasteiger partial charge in [0.1, 0.15) is 11.8 Å². The fourth-order valence-corrected chi connectivity index (χ4v) is 4.63. The van der Waals surface area contributed by atoms with E-state index in [0.29, 0.717) is 22.9 Å². The Hall–Kier alpha value is -4.10. The SMILES string of the molecule is O=C1CC(N(CCc2c[nH]c3ccccc23)C(=O)COc2ccccc2)C(=O)N1c1ccc(Cl)cc1. The predicted octanol–water partition coefficient (Wildman–Crippen LogP) is 4.60. The van der Waals surface area contributed by atoms with E-state index in [1.807, 2.05) is 48.7 Å². The molecule has 0 bridgehead atoms. The van der Waals surface area contributed by atoms with Crippen LogP contribution in [0.3, 0.4) is 0 Å². The number of anilines is 1. The van der Waals surface area contributed by atoms with Crippen LogP contribution in [-0.4, -0.2) is 46.8 Å². The Bertz CT molecular complexity index is 1400. The molecule has 5 rings (SSSR count). The number of nitrogens with one attached hydrogen (secondary N) is 1. The number of rotatable bonds is 8. The number of benzene rings is 3. The topological polar surface area (TPSA) is 82.7 Å². The van der Waals surface area contributed by atoms with Crippen molar-refractivity contribution in [2.24, 2.45) is 0 Å². The molecule has 1 aromatic heterocycles. The summed E-state index contributed by atoms with van der Waals surface area (Å²) < 4.78 is 5.68. The number of carbonyl (C=O) groups is 3. The van der Waals surface area contributed by atoms with E-state index in [1.165, 1.54) is 4.90 Å². The quantitative estimate of drug-likeness (QED) is 0.358. The van der Waals surface area contributed by atoms with Crippen LogP contribution in [0.1, 0.15) is 12.0 Å². The van der Waals surface area contributed by atoms with Crippen LogP contribution in [0, 0.1) is 0 Å². The van der Waals surface area contributed by atoms with E-state index >= 15 is 0 Å². The highest BCUT2D eigenvalue weighted by Gasteiger charge is 2.44. The van der Waals surface area contributed by atoms with Crippen molar-refractivity contribution in [1.29, 1.82) is 0 Å². The second-order valence-corrected chi connectivity index (χ2v) is 9.00. The molecule has 1 aliphatic heterocycles. The van der Waals surface area contributed by atoms with Gasteiger partial charge in [-0.2, -0.15) is 0 Å². The molecule has 1 atom stereocenters. The lowest BCUT2D eigenvalue weighted by Gasteiger charge is -2.27. The average Bonchev–Trinajstić information content (AvgIpc) is 3.44. The number of ether oxygens (including phenoxy) is 1. The van der Waals surface area contributed by atoms with Crippen molar-refractivity contribution < 1.29 is 19.1 Å². The molecule has 2 heterocycles. The van der Waals surface area contributed by atoms with Gasteiger partial charge in [-0.25, -0.2) is 4.90 Å². The molecule has 4 aromatic rings. The maximum Gasteiger partial charge on any atom is 0.261 e. The Labute approximate surface area is 213 Å². The van der Waals surface area contributed by atoms with Gasteiger partial charge in [-0.3, -0.25) is 14.4 Å². The van der Waals surface area contributed by atoms with E-state index in [9.17, 15) is 14.4 Å². The number of carbonyl (C=O) groups excluding carboxylic acids is 3. The summed E-state index contributed by atoms with van der Waals surface area (Å²) in [5, 5.41) is 1.56. The lowest BCUT2D eigenvalue weighted by molar-refractivity contribution is -0.140. The van der Waals surface area contributed by atoms with E-state index in [1.54, 1.807) is 36.4 Å². The number of para-hydroxylation sites is 2. The Balaban J connectivity index is 1.38. The molecule has 0 radical (unpaired) electrons. The molecule has 1 aliphatic rings. The Kier molecular flexibility index (Phi) is 6.73. The number of halogens is 1. The van der Waals surface area contributed by atoms with Crippen LogP contribution >= 0.6 is 11.6 Å². The summed E-state index contributed by atoms with van der Waals surface area (Å²) in [6.45, 7) is 0.0216. The van der Waals surface area contributed by atoms with Gasteiger partial charge in [-0.15, -0.1) is 0 Å². The summed E-state index contributed by atoms with van der Waals surface area (Å²) >= 11 is 5.97. The van der Waals surface area contributed by atoms with Gasteiger partial charge in [0.15, 0.2) is 6.61 Å². The number of nitrogens with zero attached hydrogens (tertiary/aromatic N) is 2. The average molecular weight is 502 g/mol. The van der Waals surface area contributed by atoms with Crippen LogP contribution in [0.25, 0.3) is 10.9 Å². The highest BCUT2D eigenvalue weighted by Crippen LogP contribution is 2.28. The Morgan fingerprint density at radius 3 is 2.50 bits per heavy atom. The number of aromatic amines is 1. The minimum absolute atomic E-state index is 0.0909. The number of hydrogen-bond donors (Lipinski definition) is 1. The monoisotopic (exact) mass is 501 g/mol. The van der Waals surface area contributed by atoms with Crippen molar-refractivity contribution in [3.63, 3.8) is 0 Å². The number of hydrogen-bond acceptors (Lipinski definition) is 4. The summed E-state index contributed by atoms with van der Waals surface area (Å²) in [7, 11) is 0. The minimum Gasteiger partial charge on any atom is -0.484 e. The molecule has 1 N–H and O–H groups in total. The zero-order chi connectivity index (χ0) is 25.1. The van der Waals surface area contributed by atoms with Gasteiger partial charge in [0, 0.05) is 28.7 Å². The van der Waals surface area contributed by atoms with E-state index in [2.05, 4.69) is 4.98 Å². The van der Waals surface area contributed by atoms with Gasteiger partial charge in [-0.05, 0) is 54.4 Å². The first kappa shape index (κ1) is 23.6. The largest absolute Gasteiger partial charge is 0.484 e. The second kappa shape index (κ2) is 10.3. The summed E-state index contributed by atoms with van der Waals surface area (Å²) in [5.41, 5.74) is 2.46. The second-order valence-electron chi connectivity index (χ2n) is 8.56. The van der Waals surface area contributed by atoms with Crippen LogP contribution in [0.4, 0.5) is 5.69 Å². The van der Waals surface area contributed by atoms with Crippen molar-refractivity contribution in [3.8, 4) is 5.75 Å². The minimum atomic E-state index is -0.912. The summed E-state index contributed by atoms with van der Waals surface area (Å²) in [6.07, 6.45) is 2.34. The van der Waals surface area contributed by atoms with Crippen molar-refractivity contribution in [1.82, 2.24) is 9.88 Å². The van der Waals surface area contributed by atoms with E-state index in [-0.39, 0.29) is 31.4 Å². The van der Waals surface area contributed by atoms with Gasteiger partial charge in [0.2, 0.25) is 5.91 Å².